The van der Waals surface area contributed by atoms with Crippen molar-refractivity contribution in [3.63, 3.8) is 0 Å². The molecule has 1 saturated carbocycles. The molecule has 1 aliphatic carbocycles. The van der Waals surface area contributed by atoms with E-state index in [-0.39, 0.29) is 10.3 Å². The van der Waals surface area contributed by atoms with Crippen molar-refractivity contribution in [1.29, 1.82) is 0 Å². The zero-order valence-corrected chi connectivity index (χ0v) is 16.3. The van der Waals surface area contributed by atoms with Crippen molar-refractivity contribution in [2.24, 2.45) is 5.92 Å². The number of aromatic nitrogens is 1. The number of anilines is 1. The molecular weight excluding hydrogens is 326 g/mol. The molecule has 4 heteroatoms. The van der Waals surface area contributed by atoms with Crippen LogP contribution in [0, 0.1) is 5.92 Å². The van der Waals surface area contributed by atoms with Gasteiger partial charge in [0, 0.05) is 22.8 Å². The Kier molecular flexibility index (Phi) is 5.40. The lowest BCUT2D eigenvalue weighted by atomic mass is 9.79. The minimum absolute atomic E-state index is 0.123. The van der Waals surface area contributed by atoms with E-state index in [1.165, 1.54) is 30.4 Å². The average Bonchev–Trinajstić information content (AvgIpc) is 3.40. The topological polar surface area (TPSA) is 50.9 Å². The molecule has 1 unspecified atom stereocenters. The molecule has 3 nitrogen and oxygen atoms in total. The SMILES string of the molecule is CC(C)(C)SNC(CCC1CC1)(c1ccncc1)c1cccc(N)c1. The highest BCUT2D eigenvalue weighted by molar-refractivity contribution is 7.98. The second kappa shape index (κ2) is 7.38. The van der Waals surface area contributed by atoms with Gasteiger partial charge in [0.25, 0.3) is 0 Å². The van der Waals surface area contributed by atoms with Crippen molar-refractivity contribution in [3.05, 3.63) is 59.9 Å². The highest BCUT2D eigenvalue weighted by atomic mass is 32.2. The molecule has 0 spiro atoms. The smallest absolute Gasteiger partial charge is 0.0785 e. The molecule has 3 rings (SSSR count). The van der Waals surface area contributed by atoms with Crippen LogP contribution in [0.5, 0.6) is 0 Å². The molecule has 0 bridgehead atoms. The number of benzene rings is 1. The second-order valence-electron chi connectivity index (χ2n) is 8.07. The van der Waals surface area contributed by atoms with Crippen LogP contribution in [0.3, 0.4) is 0 Å². The van der Waals surface area contributed by atoms with Gasteiger partial charge in [-0.25, -0.2) is 4.72 Å². The lowest BCUT2D eigenvalue weighted by Gasteiger charge is -2.38. The summed E-state index contributed by atoms with van der Waals surface area (Å²) in [5, 5.41) is 0. The van der Waals surface area contributed by atoms with Gasteiger partial charge in [-0.2, -0.15) is 0 Å². The quantitative estimate of drug-likeness (QED) is 0.534. The highest BCUT2D eigenvalue weighted by Gasteiger charge is 2.37. The first kappa shape index (κ1) is 18.3. The first-order chi connectivity index (χ1) is 11.9. The van der Waals surface area contributed by atoms with Crippen molar-refractivity contribution < 1.29 is 0 Å². The number of hydrogen-bond acceptors (Lipinski definition) is 4. The zero-order chi connectivity index (χ0) is 17.9. The molecule has 1 heterocycles. The zero-order valence-electron chi connectivity index (χ0n) is 15.5. The van der Waals surface area contributed by atoms with Gasteiger partial charge in [-0.1, -0.05) is 36.9 Å². The van der Waals surface area contributed by atoms with Crippen LogP contribution in [0.2, 0.25) is 0 Å². The highest BCUT2D eigenvalue weighted by Crippen LogP contribution is 2.43. The van der Waals surface area contributed by atoms with Crippen LogP contribution in [-0.2, 0) is 5.54 Å². The van der Waals surface area contributed by atoms with Gasteiger partial charge >= 0.3 is 0 Å². The molecule has 1 aliphatic rings. The molecule has 2 aromatic rings. The van der Waals surface area contributed by atoms with Gasteiger partial charge < -0.3 is 5.73 Å². The summed E-state index contributed by atoms with van der Waals surface area (Å²) in [6, 6.07) is 12.6. The third kappa shape index (κ3) is 4.77. The summed E-state index contributed by atoms with van der Waals surface area (Å²) in [5.41, 5.74) is 9.18. The number of nitrogen functional groups attached to an aromatic ring is 1. The van der Waals surface area contributed by atoms with Crippen LogP contribution in [-0.4, -0.2) is 9.73 Å². The first-order valence-corrected chi connectivity index (χ1v) is 9.92. The number of hydrogen-bond donors (Lipinski definition) is 2. The molecular formula is C21H29N3S. The Morgan fingerprint density at radius 1 is 1.12 bits per heavy atom. The Morgan fingerprint density at radius 2 is 1.84 bits per heavy atom. The van der Waals surface area contributed by atoms with E-state index in [2.05, 4.69) is 60.8 Å². The first-order valence-electron chi connectivity index (χ1n) is 9.11. The maximum absolute atomic E-state index is 6.14. The Bertz CT molecular complexity index is 692. The molecule has 134 valence electrons. The van der Waals surface area contributed by atoms with E-state index in [0.717, 1.165) is 18.0 Å². The standard InChI is InChI=1S/C21H29N3S/c1-20(2,3)25-24-21(12-9-16-7-8-16,17-10-13-23-14-11-17)18-5-4-6-19(22)15-18/h4-6,10-11,13-16,24H,7-9,12,22H2,1-3H3. The van der Waals surface area contributed by atoms with Crippen molar-refractivity contribution in [3.8, 4) is 0 Å². The molecule has 1 aromatic carbocycles. The van der Waals surface area contributed by atoms with Gasteiger partial charge in [0.1, 0.15) is 0 Å². The van der Waals surface area contributed by atoms with E-state index in [4.69, 9.17) is 5.73 Å². The maximum atomic E-state index is 6.14. The predicted molar refractivity (Wildman–Crippen MR) is 108 cm³/mol. The third-order valence-electron chi connectivity index (χ3n) is 4.71. The molecule has 0 radical (unpaired) electrons. The molecule has 1 aromatic heterocycles. The van der Waals surface area contributed by atoms with Crippen molar-refractivity contribution >= 4 is 17.6 Å². The van der Waals surface area contributed by atoms with E-state index in [1.807, 2.05) is 18.5 Å². The lowest BCUT2D eigenvalue weighted by molar-refractivity contribution is 0.424. The van der Waals surface area contributed by atoms with Crippen molar-refractivity contribution in [1.82, 2.24) is 9.71 Å². The van der Waals surface area contributed by atoms with Gasteiger partial charge in [-0.3, -0.25) is 4.98 Å². The Morgan fingerprint density at radius 3 is 2.44 bits per heavy atom. The van der Waals surface area contributed by atoms with Gasteiger partial charge in [0.15, 0.2) is 0 Å². The minimum atomic E-state index is -0.251. The Labute approximate surface area is 155 Å². The lowest BCUT2D eigenvalue weighted by Crippen LogP contribution is -2.42. The number of pyridine rings is 1. The van der Waals surface area contributed by atoms with Gasteiger partial charge in [-0.15, -0.1) is 0 Å². The summed E-state index contributed by atoms with van der Waals surface area (Å²) < 4.78 is 3.97. The van der Waals surface area contributed by atoms with Crippen LogP contribution >= 0.6 is 11.9 Å². The van der Waals surface area contributed by atoms with Crippen molar-refractivity contribution in [2.45, 2.75) is 56.7 Å². The van der Waals surface area contributed by atoms with Gasteiger partial charge in [0.05, 0.1) is 5.54 Å². The second-order valence-corrected chi connectivity index (χ2v) is 9.70. The maximum Gasteiger partial charge on any atom is 0.0785 e. The summed E-state index contributed by atoms with van der Waals surface area (Å²) in [4.78, 5) is 4.23. The summed E-state index contributed by atoms with van der Waals surface area (Å²) in [6.45, 7) is 6.71. The van der Waals surface area contributed by atoms with Crippen LogP contribution in [0.4, 0.5) is 5.69 Å². The molecule has 3 N–H and O–H groups in total. The molecule has 1 fully saturated rings. The fourth-order valence-corrected chi connectivity index (χ4v) is 3.95. The van der Waals surface area contributed by atoms with E-state index < -0.39 is 0 Å². The van der Waals surface area contributed by atoms with Crippen LogP contribution in [0.25, 0.3) is 0 Å². The Balaban J connectivity index is 2.04. The summed E-state index contributed by atoms with van der Waals surface area (Å²) in [7, 11) is 0. The molecule has 0 aliphatic heterocycles. The van der Waals surface area contributed by atoms with Crippen LogP contribution in [0.15, 0.2) is 48.8 Å². The van der Waals surface area contributed by atoms with Crippen LogP contribution < -0.4 is 10.5 Å². The van der Waals surface area contributed by atoms with Gasteiger partial charge in [0.2, 0.25) is 0 Å². The van der Waals surface area contributed by atoms with Crippen LogP contribution in [0.1, 0.15) is 57.6 Å². The van der Waals surface area contributed by atoms with Gasteiger partial charge in [-0.05, 0) is 74.9 Å². The number of nitrogens with two attached hydrogens (primary N) is 1. The normalized spacial score (nSPS) is 17.2. The van der Waals surface area contributed by atoms with Crippen molar-refractivity contribution in [2.75, 3.05) is 5.73 Å². The fourth-order valence-electron chi connectivity index (χ4n) is 3.13. The predicted octanol–water partition coefficient (Wildman–Crippen LogP) is 5.13. The largest absolute Gasteiger partial charge is 0.399 e. The van der Waals surface area contributed by atoms with E-state index >= 15 is 0 Å². The van der Waals surface area contributed by atoms with E-state index in [0.29, 0.717) is 0 Å². The number of nitrogens with zero attached hydrogens (tertiary/aromatic N) is 1. The minimum Gasteiger partial charge on any atom is -0.399 e. The number of nitrogens with one attached hydrogen (secondary N) is 1. The molecule has 1 atom stereocenters. The Hall–Kier alpha value is -1.52. The van der Waals surface area contributed by atoms with E-state index in [9.17, 15) is 0 Å². The average molecular weight is 356 g/mol. The number of rotatable bonds is 7. The summed E-state index contributed by atoms with van der Waals surface area (Å²) >= 11 is 1.80. The third-order valence-corrected chi connectivity index (χ3v) is 5.77. The fraction of sp³-hybridized carbons (Fsp3) is 0.476. The molecule has 0 saturated heterocycles. The summed E-state index contributed by atoms with van der Waals surface area (Å²) in [6.07, 6.45) is 8.81. The monoisotopic (exact) mass is 355 g/mol. The summed E-state index contributed by atoms with van der Waals surface area (Å²) in [5.74, 6) is 0.878. The molecule has 25 heavy (non-hydrogen) atoms. The molecule has 0 amide bonds. The van der Waals surface area contributed by atoms with E-state index in [1.54, 1.807) is 11.9 Å².